The molecule has 0 aliphatic heterocycles. The maximum Gasteiger partial charge on any atom is 0.319 e. The van der Waals surface area contributed by atoms with Gasteiger partial charge in [-0.15, -0.1) is 0 Å². The number of carbonyl (C=O) groups is 2. The molecule has 1 unspecified atom stereocenters. The molecule has 0 aromatic rings. The lowest BCUT2D eigenvalue weighted by atomic mass is 9.79. The maximum absolute atomic E-state index is 12.5. The number of ether oxygens (including phenoxy) is 1. The number of nitrogens with zero attached hydrogens (tertiary/aromatic N) is 1. The van der Waals surface area contributed by atoms with Crippen molar-refractivity contribution in [3.63, 3.8) is 0 Å². The van der Waals surface area contributed by atoms with Crippen LogP contribution in [0.25, 0.3) is 0 Å². The van der Waals surface area contributed by atoms with Crippen LogP contribution in [-0.4, -0.2) is 36.5 Å². The first kappa shape index (κ1) is 15.0. The monoisotopic (exact) mass is 255 g/mol. The van der Waals surface area contributed by atoms with Gasteiger partial charge in [-0.2, -0.15) is 0 Å². The molecule has 1 fully saturated rings. The van der Waals surface area contributed by atoms with Crippen molar-refractivity contribution < 1.29 is 14.3 Å². The molecule has 1 rings (SSSR count). The van der Waals surface area contributed by atoms with E-state index < -0.39 is 17.3 Å². The van der Waals surface area contributed by atoms with Crippen LogP contribution in [0.4, 0.5) is 0 Å². The summed E-state index contributed by atoms with van der Waals surface area (Å²) in [6.07, 6.45) is 3.26. The Morgan fingerprint density at radius 1 is 1.33 bits per heavy atom. The second kappa shape index (κ2) is 5.72. The normalized spacial score (nSPS) is 17.8. The van der Waals surface area contributed by atoms with Crippen LogP contribution >= 0.6 is 0 Å². The topological polar surface area (TPSA) is 46.6 Å². The third-order valence-corrected chi connectivity index (χ3v) is 3.61. The van der Waals surface area contributed by atoms with Gasteiger partial charge in [0.1, 0.15) is 5.92 Å². The second-order valence-electron chi connectivity index (χ2n) is 6.08. The van der Waals surface area contributed by atoms with Crippen LogP contribution in [0.2, 0.25) is 0 Å². The summed E-state index contributed by atoms with van der Waals surface area (Å²) < 4.78 is 5.05. The van der Waals surface area contributed by atoms with Gasteiger partial charge in [-0.3, -0.25) is 9.59 Å². The SMILES string of the molecule is CCOC(=O)C(C(=O)N(C)C1CCC1)C(C)(C)C. The summed E-state index contributed by atoms with van der Waals surface area (Å²) in [5.41, 5.74) is -0.415. The van der Waals surface area contributed by atoms with Gasteiger partial charge in [-0.05, 0) is 31.6 Å². The van der Waals surface area contributed by atoms with Crippen molar-refractivity contribution in [1.29, 1.82) is 0 Å². The van der Waals surface area contributed by atoms with Crippen molar-refractivity contribution in [2.75, 3.05) is 13.7 Å². The standard InChI is InChI=1S/C14H25NO3/c1-6-18-13(17)11(14(2,3)4)12(16)15(5)10-8-7-9-10/h10-11H,6-9H2,1-5H3. The second-order valence-corrected chi connectivity index (χ2v) is 6.08. The Kier molecular flexibility index (Phi) is 4.77. The highest BCUT2D eigenvalue weighted by molar-refractivity contribution is 5.98. The number of esters is 1. The van der Waals surface area contributed by atoms with Crippen LogP contribution in [0.15, 0.2) is 0 Å². The zero-order chi connectivity index (χ0) is 13.9. The number of hydrogen-bond acceptors (Lipinski definition) is 3. The summed E-state index contributed by atoms with van der Waals surface area (Å²) in [5, 5.41) is 0. The van der Waals surface area contributed by atoms with E-state index in [2.05, 4.69) is 0 Å². The van der Waals surface area contributed by atoms with Gasteiger partial charge < -0.3 is 9.64 Å². The molecule has 0 aromatic heterocycles. The van der Waals surface area contributed by atoms with E-state index in [-0.39, 0.29) is 5.91 Å². The Morgan fingerprint density at radius 2 is 1.89 bits per heavy atom. The van der Waals surface area contributed by atoms with Crippen LogP contribution in [0.5, 0.6) is 0 Å². The van der Waals surface area contributed by atoms with E-state index in [1.807, 2.05) is 20.8 Å². The van der Waals surface area contributed by atoms with Crippen molar-refractivity contribution >= 4 is 11.9 Å². The minimum atomic E-state index is -0.706. The predicted octanol–water partition coefficient (Wildman–Crippen LogP) is 2.22. The van der Waals surface area contributed by atoms with Gasteiger partial charge in [0, 0.05) is 13.1 Å². The fourth-order valence-corrected chi connectivity index (χ4v) is 2.21. The van der Waals surface area contributed by atoms with Crippen molar-refractivity contribution in [2.24, 2.45) is 11.3 Å². The average molecular weight is 255 g/mol. The molecular formula is C14H25NO3. The van der Waals surface area contributed by atoms with Crippen molar-refractivity contribution in [1.82, 2.24) is 4.90 Å². The molecule has 0 heterocycles. The highest BCUT2D eigenvalue weighted by atomic mass is 16.5. The van der Waals surface area contributed by atoms with E-state index in [1.165, 1.54) is 6.42 Å². The Bertz CT molecular complexity index is 315. The smallest absolute Gasteiger partial charge is 0.319 e. The third kappa shape index (κ3) is 3.24. The Balaban J connectivity index is 2.81. The summed E-state index contributed by atoms with van der Waals surface area (Å²) in [6, 6.07) is 0.303. The third-order valence-electron chi connectivity index (χ3n) is 3.61. The number of hydrogen-bond donors (Lipinski definition) is 0. The summed E-state index contributed by atoms with van der Waals surface area (Å²) in [6.45, 7) is 7.78. The minimum absolute atomic E-state index is 0.106. The molecule has 18 heavy (non-hydrogen) atoms. The molecule has 0 radical (unpaired) electrons. The van der Waals surface area contributed by atoms with Crippen molar-refractivity contribution in [2.45, 2.75) is 53.0 Å². The molecule has 0 saturated heterocycles. The van der Waals surface area contributed by atoms with Gasteiger partial charge in [0.15, 0.2) is 0 Å². The molecule has 0 spiro atoms. The fourth-order valence-electron chi connectivity index (χ4n) is 2.21. The van der Waals surface area contributed by atoms with Crippen molar-refractivity contribution in [3.05, 3.63) is 0 Å². The van der Waals surface area contributed by atoms with E-state index >= 15 is 0 Å². The average Bonchev–Trinajstić information content (AvgIpc) is 2.12. The van der Waals surface area contributed by atoms with Gasteiger partial charge >= 0.3 is 5.97 Å². The van der Waals surface area contributed by atoms with E-state index in [0.717, 1.165) is 12.8 Å². The Morgan fingerprint density at radius 3 is 2.22 bits per heavy atom. The molecule has 4 nitrogen and oxygen atoms in total. The highest BCUT2D eigenvalue weighted by Gasteiger charge is 2.42. The van der Waals surface area contributed by atoms with Crippen LogP contribution in [-0.2, 0) is 14.3 Å². The summed E-state index contributed by atoms with van der Waals surface area (Å²) >= 11 is 0. The van der Waals surface area contributed by atoms with Crippen LogP contribution in [0.1, 0.15) is 47.0 Å². The van der Waals surface area contributed by atoms with Gasteiger partial charge in [0.05, 0.1) is 6.61 Å². The molecular weight excluding hydrogens is 230 g/mol. The number of carbonyl (C=O) groups excluding carboxylic acids is 2. The van der Waals surface area contributed by atoms with Crippen LogP contribution < -0.4 is 0 Å². The summed E-state index contributed by atoms with van der Waals surface area (Å²) in [7, 11) is 1.80. The molecule has 0 aromatic carbocycles. The first-order valence-corrected chi connectivity index (χ1v) is 6.72. The largest absolute Gasteiger partial charge is 0.465 e. The molecule has 1 saturated carbocycles. The molecule has 1 aliphatic carbocycles. The predicted molar refractivity (Wildman–Crippen MR) is 70.0 cm³/mol. The molecule has 0 N–H and O–H groups in total. The van der Waals surface area contributed by atoms with Crippen molar-refractivity contribution in [3.8, 4) is 0 Å². The van der Waals surface area contributed by atoms with Crippen LogP contribution in [0, 0.1) is 11.3 Å². The quantitative estimate of drug-likeness (QED) is 0.571. The zero-order valence-electron chi connectivity index (χ0n) is 12.2. The molecule has 4 heteroatoms. The van der Waals surface area contributed by atoms with E-state index in [1.54, 1.807) is 18.9 Å². The fraction of sp³-hybridized carbons (Fsp3) is 0.857. The Labute approximate surface area is 110 Å². The molecule has 104 valence electrons. The highest BCUT2D eigenvalue weighted by Crippen LogP contribution is 2.32. The first-order chi connectivity index (χ1) is 8.29. The summed E-state index contributed by atoms with van der Waals surface area (Å²) in [5.74, 6) is -1.21. The molecule has 1 atom stereocenters. The zero-order valence-corrected chi connectivity index (χ0v) is 12.2. The first-order valence-electron chi connectivity index (χ1n) is 6.72. The lowest BCUT2D eigenvalue weighted by molar-refractivity contribution is -0.161. The number of rotatable bonds is 4. The van der Waals surface area contributed by atoms with Gasteiger partial charge in [0.25, 0.3) is 0 Å². The lowest BCUT2D eigenvalue weighted by Crippen LogP contribution is -2.49. The van der Waals surface area contributed by atoms with E-state index in [0.29, 0.717) is 12.6 Å². The minimum Gasteiger partial charge on any atom is -0.465 e. The maximum atomic E-state index is 12.5. The van der Waals surface area contributed by atoms with E-state index in [9.17, 15) is 9.59 Å². The molecule has 0 bridgehead atoms. The van der Waals surface area contributed by atoms with Gasteiger partial charge in [-0.1, -0.05) is 20.8 Å². The van der Waals surface area contributed by atoms with Crippen LogP contribution in [0.3, 0.4) is 0 Å². The summed E-state index contributed by atoms with van der Waals surface area (Å²) in [4.78, 5) is 26.2. The van der Waals surface area contributed by atoms with Gasteiger partial charge in [0.2, 0.25) is 5.91 Å². The molecule has 1 aliphatic rings. The molecule has 1 amide bonds. The van der Waals surface area contributed by atoms with E-state index in [4.69, 9.17) is 4.74 Å². The lowest BCUT2D eigenvalue weighted by Gasteiger charge is -2.38. The van der Waals surface area contributed by atoms with Gasteiger partial charge in [-0.25, -0.2) is 0 Å². The number of amides is 1. The Hall–Kier alpha value is -1.06.